The van der Waals surface area contributed by atoms with E-state index in [9.17, 15) is 4.79 Å². The Hall–Kier alpha value is -2.34. The van der Waals surface area contributed by atoms with Crippen molar-refractivity contribution in [2.75, 3.05) is 24.7 Å². The van der Waals surface area contributed by atoms with Gasteiger partial charge < -0.3 is 4.74 Å². The first-order valence-corrected chi connectivity index (χ1v) is 9.86. The van der Waals surface area contributed by atoms with E-state index in [0.717, 1.165) is 48.3 Å². The van der Waals surface area contributed by atoms with E-state index in [4.69, 9.17) is 9.72 Å². The maximum atomic E-state index is 12.9. The number of rotatable bonds is 7. The third-order valence-electron chi connectivity index (χ3n) is 5.08. The average Bonchev–Trinajstić information content (AvgIpc) is 2.67. The molecule has 2 aromatic rings. The lowest BCUT2D eigenvalue weighted by molar-refractivity contribution is 0.194. The molecule has 0 unspecified atom stereocenters. The van der Waals surface area contributed by atoms with Crippen molar-refractivity contribution in [3.8, 4) is 5.75 Å². The van der Waals surface area contributed by atoms with Gasteiger partial charge in [-0.3, -0.25) is 19.2 Å². The summed E-state index contributed by atoms with van der Waals surface area (Å²) in [4.78, 5) is 22.1. The molecule has 3 rings (SSSR count). The first kappa shape index (κ1) is 19.4. The number of ether oxygens (including phenoxy) is 1. The van der Waals surface area contributed by atoms with Gasteiger partial charge in [-0.1, -0.05) is 19.8 Å². The number of benzene rings is 1. The van der Waals surface area contributed by atoms with E-state index in [1.165, 1.54) is 12.8 Å². The van der Waals surface area contributed by atoms with Crippen LogP contribution in [-0.2, 0) is 6.67 Å². The molecule has 6 heteroatoms. The minimum Gasteiger partial charge on any atom is -0.494 e. The van der Waals surface area contributed by atoms with Crippen molar-refractivity contribution in [3.05, 3.63) is 45.9 Å². The first-order valence-electron chi connectivity index (χ1n) is 9.86. The topological polar surface area (TPSA) is 50.6 Å². The minimum absolute atomic E-state index is 0.0497. The quantitative estimate of drug-likeness (QED) is 0.694. The molecule has 0 fully saturated rings. The number of hydrogen-bond donors (Lipinski definition) is 0. The van der Waals surface area contributed by atoms with Gasteiger partial charge in [0, 0.05) is 23.5 Å². The van der Waals surface area contributed by atoms with Crippen molar-refractivity contribution >= 4 is 11.6 Å². The largest absolute Gasteiger partial charge is 0.494 e. The summed E-state index contributed by atoms with van der Waals surface area (Å²) in [5.41, 5.74) is 2.58. The van der Waals surface area contributed by atoms with Crippen LogP contribution in [0.2, 0.25) is 0 Å². The Morgan fingerprint density at radius 3 is 2.48 bits per heavy atom. The van der Waals surface area contributed by atoms with Gasteiger partial charge in [-0.05, 0) is 51.5 Å². The Morgan fingerprint density at radius 2 is 1.81 bits per heavy atom. The fourth-order valence-corrected chi connectivity index (χ4v) is 3.40. The molecule has 0 radical (unpaired) electrons. The third kappa shape index (κ3) is 4.16. The Morgan fingerprint density at radius 1 is 1.07 bits per heavy atom. The highest BCUT2D eigenvalue weighted by Crippen LogP contribution is 2.29. The standard InChI is InChI=1S/C21H30N4O2/c1-5-7-8-13-23-14-24(18-9-11-19(12-10-18)27-6-2)21-22-17(4)16(3)20(26)25(21)15-23/h9-12H,5-8,13-15H2,1-4H3. The monoisotopic (exact) mass is 370 g/mol. The number of aryl methyl sites for hydroxylation is 1. The van der Waals surface area contributed by atoms with Gasteiger partial charge in [-0.25, -0.2) is 4.98 Å². The summed E-state index contributed by atoms with van der Waals surface area (Å²) >= 11 is 0. The van der Waals surface area contributed by atoms with Gasteiger partial charge >= 0.3 is 0 Å². The van der Waals surface area contributed by atoms with E-state index >= 15 is 0 Å². The zero-order valence-electron chi connectivity index (χ0n) is 16.9. The van der Waals surface area contributed by atoms with Crippen LogP contribution in [0.5, 0.6) is 5.75 Å². The number of aromatic nitrogens is 2. The van der Waals surface area contributed by atoms with E-state index in [2.05, 4.69) is 16.7 Å². The van der Waals surface area contributed by atoms with E-state index in [-0.39, 0.29) is 5.56 Å². The van der Waals surface area contributed by atoms with Crippen molar-refractivity contribution in [2.24, 2.45) is 0 Å². The van der Waals surface area contributed by atoms with E-state index in [1.54, 1.807) is 4.57 Å². The van der Waals surface area contributed by atoms with Gasteiger partial charge in [0.05, 0.1) is 19.9 Å². The molecule has 1 aromatic carbocycles. The molecule has 0 amide bonds. The molecule has 0 atom stereocenters. The van der Waals surface area contributed by atoms with Crippen LogP contribution in [0.25, 0.3) is 0 Å². The van der Waals surface area contributed by atoms with Crippen LogP contribution in [0.15, 0.2) is 29.1 Å². The molecule has 0 N–H and O–H groups in total. The smallest absolute Gasteiger partial charge is 0.259 e. The summed E-state index contributed by atoms with van der Waals surface area (Å²) in [5.74, 6) is 1.57. The predicted molar refractivity (Wildman–Crippen MR) is 109 cm³/mol. The van der Waals surface area contributed by atoms with Crippen LogP contribution in [-0.4, -0.2) is 34.3 Å². The fraction of sp³-hybridized carbons (Fsp3) is 0.524. The minimum atomic E-state index is 0.0497. The molecule has 1 aliphatic rings. The lowest BCUT2D eigenvalue weighted by Crippen LogP contribution is -2.48. The molecule has 0 aliphatic carbocycles. The Kier molecular flexibility index (Phi) is 6.16. The normalized spacial score (nSPS) is 14.3. The van der Waals surface area contributed by atoms with Gasteiger partial charge in [0.2, 0.25) is 5.95 Å². The number of fused-ring (bicyclic) bond motifs is 1. The maximum Gasteiger partial charge on any atom is 0.259 e. The van der Waals surface area contributed by atoms with Crippen LogP contribution in [0.3, 0.4) is 0 Å². The average molecular weight is 370 g/mol. The fourth-order valence-electron chi connectivity index (χ4n) is 3.40. The SMILES string of the molecule is CCCCCN1CN(c2ccc(OCC)cc2)c2nc(C)c(C)c(=O)n2C1. The van der Waals surface area contributed by atoms with Crippen LogP contribution < -0.4 is 15.2 Å². The number of anilines is 2. The molecular weight excluding hydrogens is 340 g/mol. The molecule has 1 aliphatic heterocycles. The summed E-state index contributed by atoms with van der Waals surface area (Å²) in [6.07, 6.45) is 3.52. The van der Waals surface area contributed by atoms with Crippen LogP contribution in [0, 0.1) is 13.8 Å². The number of unbranched alkanes of at least 4 members (excludes halogenated alkanes) is 2. The summed E-state index contributed by atoms with van der Waals surface area (Å²) in [6.45, 7) is 10.9. The molecule has 0 saturated carbocycles. The summed E-state index contributed by atoms with van der Waals surface area (Å²) in [5, 5.41) is 0. The molecule has 27 heavy (non-hydrogen) atoms. The highest BCUT2D eigenvalue weighted by molar-refractivity contribution is 5.59. The Labute approximate surface area is 161 Å². The third-order valence-corrected chi connectivity index (χ3v) is 5.08. The van der Waals surface area contributed by atoms with E-state index in [0.29, 0.717) is 13.3 Å². The maximum absolute atomic E-state index is 12.9. The highest BCUT2D eigenvalue weighted by atomic mass is 16.5. The van der Waals surface area contributed by atoms with Crippen molar-refractivity contribution < 1.29 is 4.74 Å². The zero-order valence-corrected chi connectivity index (χ0v) is 16.9. The van der Waals surface area contributed by atoms with Crippen molar-refractivity contribution in [1.29, 1.82) is 0 Å². The molecule has 0 bridgehead atoms. The van der Waals surface area contributed by atoms with Crippen LogP contribution >= 0.6 is 0 Å². The second-order valence-electron chi connectivity index (χ2n) is 7.09. The Bertz CT molecular complexity index is 829. The zero-order chi connectivity index (χ0) is 19.4. The van der Waals surface area contributed by atoms with E-state index < -0.39 is 0 Å². The summed E-state index contributed by atoms with van der Waals surface area (Å²) in [7, 11) is 0. The number of nitrogens with zero attached hydrogens (tertiary/aromatic N) is 4. The predicted octanol–water partition coefficient (Wildman–Crippen LogP) is 3.82. The van der Waals surface area contributed by atoms with Gasteiger partial charge in [0.15, 0.2) is 0 Å². The van der Waals surface area contributed by atoms with Gasteiger partial charge in [-0.15, -0.1) is 0 Å². The molecule has 0 spiro atoms. The molecule has 146 valence electrons. The first-order chi connectivity index (χ1) is 13.0. The van der Waals surface area contributed by atoms with Gasteiger partial charge in [0.1, 0.15) is 5.75 Å². The lowest BCUT2D eigenvalue weighted by atomic mass is 10.2. The molecular formula is C21H30N4O2. The van der Waals surface area contributed by atoms with Crippen LogP contribution in [0.1, 0.15) is 44.4 Å². The molecule has 1 aromatic heterocycles. The van der Waals surface area contributed by atoms with Crippen molar-refractivity contribution in [3.63, 3.8) is 0 Å². The molecule has 2 heterocycles. The highest BCUT2D eigenvalue weighted by Gasteiger charge is 2.26. The lowest BCUT2D eigenvalue weighted by Gasteiger charge is -2.38. The van der Waals surface area contributed by atoms with Gasteiger partial charge in [-0.2, -0.15) is 0 Å². The second kappa shape index (κ2) is 8.57. The van der Waals surface area contributed by atoms with Crippen molar-refractivity contribution in [2.45, 2.75) is 53.6 Å². The second-order valence-corrected chi connectivity index (χ2v) is 7.09. The van der Waals surface area contributed by atoms with Crippen LogP contribution in [0.4, 0.5) is 11.6 Å². The Balaban J connectivity index is 1.97. The molecule has 6 nitrogen and oxygen atoms in total. The summed E-state index contributed by atoms with van der Waals surface area (Å²) < 4.78 is 7.36. The van der Waals surface area contributed by atoms with E-state index in [1.807, 2.05) is 45.0 Å². The molecule has 0 saturated heterocycles. The number of hydrogen-bond acceptors (Lipinski definition) is 5. The van der Waals surface area contributed by atoms with Gasteiger partial charge in [0.25, 0.3) is 5.56 Å². The van der Waals surface area contributed by atoms with Crippen molar-refractivity contribution in [1.82, 2.24) is 14.5 Å². The summed E-state index contributed by atoms with van der Waals surface area (Å²) in [6, 6.07) is 8.01.